The summed E-state index contributed by atoms with van der Waals surface area (Å²) in [6, 6.07) is -1.48. The number of esters is 1. The lowest BCUT2D eigenvalue weighted by Crippen LogP contribution is -2.34. The van der Waals surface area contributed by atoms with Gasteiger partial charge in [-0.3, -0.25) is 18.6 Å². The van der Waals surface area contributed by atoms with Crippen molar-refractivity contribution in [2.45, 2.75) is 225 Å². The molecule has 0 heterocycles. The van der Waals surface area contributed by atoms with Crippen LogP contribution < -0.4 is 5.73 Å². The highest BCUT2D eigenvalue weighted by molar-refractivity contribution is 7.47. The Morgan fingerprint density at radius 2 is 1.00 bits per heavy atom. The minimum Gasteiger partial charge on any atom is -0.480 e. The lowest BCUT2D eigenvalue weighted by Gasteiger charge is -2.20. The van der Waals surface area contributed by atoms with Crippen molar-refractivity contribution in [2.24, 2.45) is 5.73 Å². The number of rotatable bonds is 45. The van der Waals surface area contributed by atoms with E-state index in [0.717, 1.165) is 57.8 Å². The molecule has 4 N–H and O–H groups in total. The summed E-state index contributed by atoms with van der Waals surface area (Å²) in [5, 5.41) is 8.90. The van der Waals surface area contributed by atoms with Crippen molar-refractivity contribution in [3.8, 4) is 0 Å². The van der Waals surface area contributed by atoms with Crippen molar-refractivity contribution in [1.82, 2.24) is 0 Å². The summed E-state index contributed by atoms with van der Waals surface area (Å²) in [4.78, 5) is 33.5. The molecule has 11 heteroatoms. The maximum Gasteiger partial charge on any atom is 0.472 e. The fourth-order valence-electron chi connectivity index (χ4n) is 6.56. The zero-order valence-corrected chi connectivity index (χ0v) is 38.0. The van der Waals surface area contributed by atoms with Gasteiger partial charge in [0.25, 0.3) is 0 Å². The third kappa shape index (κ3) is 42.3. The molecule has 0 saturated carbocycles. The number of aliphatic carboxylic acids is 1. The number of carbonyl (C=O) groups is 2. The maximum atomic E-state index is 12.6. The molecule has 0 aromatic carbocycles. The van der Waals surface area contributed by atoms with Crippen LogP contribution in [0.4, 0.5) is 0 Å². The van der Waals surface area contributed by atoms with Crippen molar-refractivity contribution < 1.29 is 42.7 Å². The number of unbranched alkanes of at least 4 members (excludes halogenated alkanes) is 25. The Morgan fingerprint density at radius 1 is 0.569 bits per heavy atom. The molecule has 0 spiro atoms. The van der Waals surface area contributed by atoms with Crippen LogP contribution in [-0.2, 0) is 32.7 Å². The second-order valence-electron chi connectivity index (χ2n) is 15.9. The number of carboxylic acid groups (broad SMARTS) is 1. The van der Waals surface area contributed by atoms with Gasteiger partial charge in [0.1, 0.15) is 12.1 Å². The Morgan fingerprint density at radius 3 is 1.48 bits per heavy atom. The van der Waals surface area contributed by atoms with Gasteiger partial charge in [-0.25, -0.2) is 4.57 Å². The number of phosphoric acid groups is 1. The highest BCUT2D eigenvalue weighted by atomic mass is 31.2. The smallest absolute Gasteiger partial charge is 0.472 e. The van der Waals surface area contributed by atoms with Crippen LogP contribution in [0.1, 0.15) is 213 Å². The molecule has 0 aliphatic rings. The first kappa shape index (κ1) is 56.2. The maximum absolute atomic E-state index is 12.6. The molecule has 0 bridgehead atoms. The normalized spacial score (nSPS) is 14.1. The van der Waals surface area contributed by atoms with Gasteiger partial charge in [-0.2, -0.15) is 0 Å². The molecule has 3 unspecified atom stereocenters. The number of ether oxygens (including phenoxy) is 2. The summed E-state index contributed by atoms with van der Waals surface area (Å²) < 4.78 is 33.4. The summed E-state index contributed by atoms with van der Waals surface area (Å²) in [6.45, 7) is 3.76. The van der Waals surface area contributed by atoms with Crippen LogP contribution in [0.5, 0.6) is 0 Å². The SMILES string of the molecule is CC/C=C\C/C=C\C/C=C\CCCCCC(=O)OC(COCCCCCCCCCCCCCCCCCCCCCCCCC)COP(=O)(O)OCC(N)C(=O)O. The fourth-order valence-corrected chi connectivity index (χ4v) is 7.34. The molecule has 340 valence electrons. The third-order valence-electron chi connectivity index (χ3n) is 10.2. The molecule has 0 aliphatic heterocycles. The van der Waals surface area contributed by atoms with Crippen LogP contribution in [0, 0.1) is 0 Å². The van der Waals surface area contributed by atoms with Crippen LogP contribution in [-0.4, -0.2) is 60.5 Å². The largest absolute Gasteiger partial charge is 0.480 e. The monoisotopic (exact) mass is 842 g/mol. The Labute approximate surface area is 355 Å². The first-order valence-electron chi connectivity index (χ1n) is 23.5. The average Bonchev–Trinajstić information content (AvgIpc) is 3.20. The molecule has 0 rings (SSSR count). The zero-order chi connectivity index (χ0) is 42.6. The predicted molar refractivity (Wildman–Crippen MR) is 240 cm³/mol. The van der Waals surface area contributed by atoms with Crippen LogP contribution in [0.15, 0.2) is 36.5 Å². The van der Waals surface area contributed by atoms with E-state index in [4.69, 9.17) is 29.4 Å². The molecule has 0 amide bonds. The van der Waals surface area contributed by atoms with Crippen molar-refractivity contribution in [1.29, 1.82) is 0 Å². The fraction of sp³-hybridized carbons (Fsp3) is 0.830. The average molecular weight is 842 g/mol. The third-order valence-corrected chi connectivity index (χ3v) is 11.1. The van der Waals surface area contributed by atoms with Crippen LogP contribution in [0.25, 0.3) is 0 Å². The standard InChI is InChI=1S/C47H88NO9P/c1-3-5-7-9-11-13-15-17-18-19-20-21-22-23-24-25-26-28-30-32-34-36-38-40-54-41-44(42-55-58(52,53)56-43-45(48)47(50)51)57-46(49)39-37-35-33-31-29-27-16-14-12-10-8-6-4-2/h6,8,12,14,27,29,44-45H,3-5,7,9-11,13,15-26,28,30-43,48H2,1-2H3,(H,50,51)(H,52,53)/b8-6-,14-12-,29-27-. The van der Waals surface area contributed by atoms with Crippen molar-refractivity contribution >= 4 is 19.8 Å². The van der Waals surface area contributed by atoms with E-state index in [2.05, 4.69) is 50.3 Å². The molecule has 0 aromatic heterocycles. The molecule has 10 nitrogen and oxygen atoms in total. The summed E-state index contributed by atoms with van der Waals surface area (Å²) in [7, 11) is -4.62. The number of allylic oxidation sites excluding steroid dienone is 6. The molecule has 0 fully saturated rings. The minimum absolute atomic E-state index is 0.00776. The van der Waals surface area contributed by atoms with Gasteiger partial charge in [0.05, 0.1) is 19.8 Å². The predicted octanol–water partition coefficient (Wildman–Crippen LogP) is 13.3. The molecule has 58 heavy (non-hydrogen) atoms. The van der Waals surface area contributed by atoms with Crippen molar-refractivity contribution in [3.63, 3.8) is 0 Å². The first-order valence-corrected chi connectivity index (χ1v) is 25.0. The quantitative estimate of drug-likeness (QED) is 0.0233. The van der Waals surface area contributed by atoms with Gasteiger partial charge in [0, 0.05) is 13.0 Å². The van der Waals surface area contributed by atoms with Gasteiger partial charge in [0.15, 0.2) is 0 Å². The minimum atomic E-state index is -4.62. The molecule has 0 radical (unpaired) electrons. The molecule has 0 saturated heterocycles. The topological polar surface area (TPSA) is 155 Å². The van der Waals surface area contributed by atoms with E-state index >= 15 is 0 Å². The van der Waals surface area contributed by atoms with Gasteiger partial charge in [-0.15, -0.1) is 0 Å². The highest BCUT2D eigenvalue weighted by Gasteiger charge is 2.27. The van der Waals surface area contributed by atoms with Gasteiger partial charge in [-0.05, 0) is 44.9 Å². The van der Waals surface area contributed by atoms with E-state index in [0.29, 0.717) is 13.0 Å². The Balaban J connectivity index is 4.10. The van der Waals surface area contributed by atoms with E-state index in [1.165, 1.54) is 128 Å². The van der Waals surface area contributed by atoms with E-state index < -0.39 is 45.1 Å². The number of hydrogen-bond donors (Lipinski definition) is 3. The van der Waals surface area contributed by atoms with E-state index in [1.54, 1.807) is 0 Å². The molecular weight excluding hydrogens is 753 g/mol. The van der Waals surface area contributed by atoms with Gasteiger partial charge in [-0.1, -0.05) is 198 Å². The Bertz CT molecular complexity index is 1070. The van der Waals surface area contributed by atoms with Gasteiger partial charge < -0.3 is 25.2 Å². The lowest BCUT2D eigenvalue weighted by atomic mass is 10.0. The van der Waals surface area contributed by atoms with Crippen LogP contribution in [0.2, 0.25) is 0 Å². The summed E-state index contributed by atoms with van der Waals surface area (Å²) in [6.07, 6.45) is 49.3. The van der Waals surface area contributed by atoms with E-state index in [-0.39, 0.29) is 13.0 Å². The van der Waals surface area contributed by atoms with Crippen LogP contribution in [0.3, 0.4) is 0 Å². The molecule has 3 atom stereocenters. The number of carbonyl (C=O) groups excluding carboxylic acids is 1. The summed E-state index contributed by atoms with van der Waals surface area (Å²) in [5.74, 6) is -1.80. The van der Waals surface area contributed by atoms with Crippen molar-refractivity contribution in [3.05, 3.63) is 36.5 Å². The highest BCUT2D eigenvalue weighted by Crippen LogP contribution is 2.43. The van der Waals surface area contributed by atoms with Gasteiger partial charge >= 0.3 is 19.8 Å². The van der Waals surface area contributed by atoms with E-state index in [9.17, 15) is 19.0 Å². The lowest BCUT2D eigenvalue weighted by molar-refractivity contribution is -0.154. The number of carboxylic acids is 1. The molecule has 0 aliphatic carbocycles. The zero-order valence-electron chi connectivity index (χ0n) is 37.1. The number of phosphoric ester groups is 1. The summed E-state index contributed by atoms with van der Waals surface area (Å²) >= 11 is 0. The van der Waals surface area contributed by atoms with Gasteiger partial charge in [0.2, 0.25) is 0 Å². The Hall–Kier alpha value is -1.81. The molecule has 0 aromatic rings. The summed E-state index contributed by atoms with van der Waals surface area (Å²) in [5.41, 5.74) is 5.36. The first-order chi connectivity index (χ1) is 28.2. The van der Waals surface area contributed by atoms with E-state index in [1.807, 2.05) is 0 Å². The Kier molecular flexibility index (Phi) is 41.9. The second-order valence-corrected chi connectivity index (χ2v) is 17.3. The van der Waals surface area contributed by atoms with Crippen LogP contribution >= 0.6 is 7.82 Å². The number of nitrogens with two attached hydrogens (primary N) is 1. The van der Waals surface area contributed by atoms with Crippen molar-refractivity contribution in [2.75, 3.05) is 26.4 Å². The molecular formula is C47H88NO9P. The second kappa shape index (κ2) is 43.3. The number of hydrogen-bond acceptors (Lipinski definition) is 8.